The van der Waals surface area contributed by atoms with Crippen LogP contribution in [0, 0.1) is 0 Å². The van der Waals surface area contributed by atoms with Crippen LogP contribution in [0.4, 0.5) is 5.82 Å². The van der Waals surface area contributed by atoms with Gasteiger partial charge in [0.2, 0.25) is 0 Å². The number of aromatic nitrogens is 2. The number of aliphatic hydroxyl groups excluding tert-OH is 3. The molecule has 9 nitrogen and oxygen atoms in total. The topological polar surface area (TPSA) is 120 Å². The molecule has 0 spiro atoms. The van der Waals surface area contributed by atoms with E-state index in [1.807, 2.05) is 0 Å². The third kappa shape index (κ3) is 3.48. The SMILES string of the molecule is O=c1nc(N=CN2CCCCC2)ccn1[C@@H]1O[C@H](CO)[C@@H](O)[C@@H]1O. The van der Waals surface area contributed by atoms with Gasteiger partial charge in [0, 0.05) is 19.3 Å². The van der Waals surface area contributed by atoms with Crippen molar-refractivity contribution in [2.45, 2.75) is 43.8 Å². The van der Waals surface area contributed by atoms with E-state index < -0.39 is 36.8 Å². The molecule has 3 heterocycles. The highest BCUT2D eigenvalue weighted by atomic mass is 16.6. The van der Waals surface area contributed by atoms with E-state index >= 15 is 0 Å². The summed E-state index contributed by atoms with van der Waals surface area (Å²) in [4.78, 5) is 22.3. The van der Waals surface area contributed by atoms with Crippen LogP contribution in [0.1, 0.15) is 25.5 Å². The maximum Gasteiger partial charge on any atom is 0.351 e. The highest BCUT2D eigenvalue weighted by molar-refractivity contribution is 5.59. The maximum atomic E-state index is 12.2. The van der Waals surface area contributed by atoms with Gasteiger partial charge in [-0.2, -0.15) is 4.98 Å². The average Bonchev–Trinajstić information content (AvgIpc) is 2.89. The summed E-state index contributed by atoms with van der Waals surface area (Å²) < 4.78 is 6.41. The summed E-state index contributed by atoms with van der Waals surface area (Å²) in [5.74, 6) is 0.272. The van der Waals surface area contributed by atoms with Crippen molar-refractivity contribution in [3.05, 3.63) is 22.7 Å². The van der Waals surface area contributed by atoms with Crippen molar-refractivity contribution < 1.29 is 20.1 Å². The molecule has 3 N–H and O–H groups in total. The Labute approximate surface area is 138 Å². The number of rotatable bonds is 4. The Hall–Kier alpha value is -1.81. The summed E-state index contributed by atoms with van der Waals surface area (Å²) in [5, 5.41) is 28.8. The monoisotopic (exact) mass is 338 g/mol. The lowest BCUT2D eigenvalue weighted by atomic mass is 10.1. The minimum atomic E-state index is -1.32. The van der Waals surface area contributed by atoms with Gasteiger partial charge in [0.05, 0.1) is 12.9 Å². The predicted octanol–water partition coefficient (Wildman–Crippen LogP) is -0.999. The molecule has 2 aliphatic rings. The van der Waals surface area contributed by atoms with Crippen molar-refractivity contribution in [3.63, 3.8) is 0 Å². The molecule has 0 aliphatic carbocycles. The minimum Gasteiger partial charge on any atom is -0.394 e. The van der Waals surface area contributed by atoms with E-state index in [0.29, 0.717) is 0 Å². The van der Waals surface area contributed by atoms with Crippen LogP contribution in [0.25, 0.3) is 0 Å². The molecule has 24 heavy (non-hydrogen) atoms. The van der Waals surface area contributed by atoms with Crippen LogP contribution in [0.15, 0.2) is 22.1 Å². The fourth-order valence-electron chi connectivity index (χ4n) is 2.95. The lowest BCUT2D eigenvalue weighted by molar-refractivity contribution is -0.0549. The number of aliphatic imine (C=N–C) groups is 1. The van der Waals surface area contributed by atoms with Crippen LogP contribution in [0.2, 0.25) is 0 Å². The fraction of sp³-hybridized carbons (Fsp3) is 0.667. The summed E-state index contributed by atoms with van der Waals surface area (Å²) in [7, 11) is 0. The molecule has 132 valence electrons. The summed E-state index contributed by atoms with van der Waals surface area (Å²) in [5.41, 5.74) is -0.641. The highest BCUT2D eigenvalue weighted by Gasteiger charge is 2.43. The van der Waals surface area contributed by atoms with E-state index in [4.69, 9.17) is 9.84 Å². The van der Waals surface area contributed by atoms with E-state index in [2.05, 4.69) is 14.9 Å². The van der Waals surface area contributed by atoms with Crippen molar-refractivity contribution in [2.75, 3.05) is 19.7 Å². The van der Waals surface area contributed by atoms with E-state index in [1.165, 1.54) is 18.7 Å². The smallest absolute Gasteiger partial charge is 0.351 e. The molecule has 2 aliphatic heterocycles. The zero-order valence-electron chi connectivity index (χ0n) is 13.2. The quantitative estimate of drug-likeness (QED) is 0.476. The fourth-order valence-corrected chi connectivity index (χ4v) is 2.95. The molecular formula is C15H22N4O5. The van der Waals surface area contributed by atoms with Gasteiger partial charge in [-0.3, -0.25) is 4.57 Å². The third-order valence-electron chi connectivity index (χ3n) is 4.35. The van der Waals surface area contributed by atoms with Crippen molar-refractivity contribution in [2.24, 2.45) is 4.99 Å². The zero-order chi connectivity index (χ0) is 17.1. The van der Waals surface area contributed by atoms with Crippen molar-refractivity contribution >= 4 is 12.2 Å². The minimum absolute atomic E-state index is 0.272. The van der Waals surface area contributed by atoms with Crippen LogP contribution >= 0.6 is 0 Å². The molecule has 0 radical (unpaired) electrons. The van der Waals surface area contributed by atoms with Crippen molar-refractivity contribution in [3.8, 4) is 0 Å². The van der Waals surface area contributed by atoms with Crippen molar-refractivity contribution in [1.82, 2.24) is 14.5 Å². The number of hydrogen-bond donors (Lipinski definition) is 3. The molecule has 1 aromatic heterocycles. The summed E-state index contributed by atoms with van der Waals surface area (Å²) in [6.45, 7) is 1.45. The number of hydrogen-bond acceptors (Lipinski definition) is 7. The molecule has 0 aromatic carbocycles. The van der Waals surface area contributed by atoms with Gasteiger partial charge >= 0.3 is 5.69 Å². The van der Waals surface area contributed by atoms with Gasteiger partial charge in [0.1, 0.15) is 18.3 Å². The Morgan fingerprint density at radius 3 is 2.67 bits per heavy atom. The molecule has 9 heteroatoms. The van der Waals surface area contributed by atoms with Gasteiger partial charge in [0.25, 0.3) is 0 Å². The van der Waals surface area contributed by atoms with Crippen LogP contribution in [-0.2, 0) is 4.74 Å². The van der Waals surface area contributed by atoms with Gasteiger partial charge in [-0.05, 0) is 25.3 Å². The summed E-state index contributed by atoms with van der Waals surface area (Å²) in [6, 6.07) is 1.54. The van der Waals surface area contributed by atoms with Gasteiger partial charge in [0.15, 0.2) is 12.0 Å². The Balaban J connectivity index is 1.73. The molecule has 2 fully saturated rings. The molecule has 0 saturated carbocycles. The maximum absolute atomic E-state index is 12.2. The van der Waals surface area contributed by atoms with E-state index in [-0.39, 0.29) is 5.82 Å². The van der Waals surface area contributed by atoms with E-state index in [0.717, 1.165) is 30.5 Å². The second-order valence-electron chi connectivity index (χ2n) is 6.05. The van der Waals surface area contributed by atoms with Gasteiger partial charge in [-0.15, -0.1) is 0 Å². The zero-order valence-corrected chi connectivity index (χ0v) is 13.2. The Morgan fingerprint density at radius 1 is 1.29 bits per heavy atom. The lowest BCUT2D eigenvalue weighted by Crippen LogP contribution is -2.35. The normalized spacial score (nSPS) is 31.0. The van der Waals surface area contributed by atoms with E-state index in [1.54, 1.807) is 6.34 Å². The Kier molecular flexibility index (Phi) is 5.24. The molecule has 0 unspecified atom stereocenters. The molecule has 0 bridgehead atoms. The molecule has 0 amide bonds. The summed E-state index contributed by atoms with van der Waals surface area (Å²) in [6.07, 6.45) is 2.00. The number of aliphatic hydroxyl groups is 3. The highest BCUT2D eigenvalue weighted by Crippen LogP contribution is 2.28. The standard InChI is InChI=1S/C15H22N4O5/c20-8-10-12(21)13(22)14(24-10)19-7-4-11(17-15(19)23)16-9-18-5-2-1-3-6-18/h4,7,9-10,12-14,20-22H,1-3,5-6,8H2/t10-,12-,13+,14-/m1/s1. The van der Waals surface area contributed by atoms with Crippen LogP contribution in [0.3, 0.4) is 0 Å². The number of ether oxygens (including phenoxy) is 1. The number of piperidine rings is 1. The molecule has 1 aromatic rings. The summed E-state index contributed by atoms with van der Waals surface area (Å²) >= 11 is 0. The molecule has 4 atom stereocenters. The second kappa shape index (κ2) is 7.39. The average molecular weight is 338 g/mol. The third-order valence-corrected chi connectivity index (χ3v) is 4.35. The van der Waals surface area contributed by atoms with Crippen LogP contribution < -0.4 is 5.69 Å². The predicted molar refractivity (Wildman–Crippen MR) is 85.1 cm³/mol. The van der Waals surface area contributed by atoms with E-state index in [9.17, 15) is 15.0 Å². The second-order valence-corrected chi connectivity index (χ2v) is 6.05. The van der Waals surface area contributed by atoms with Crippen LogP contribution in [0.5, 0.6) is 0 Å². The van der Waals surface area contributed by atoms with Crippen molar-refractivity contribution in [1.29, 1.82) is 0 Å². The Morgan fingerprint density at radius 2 is 2.04 bits per heavy atom. The van der Waals surface area contributed by atoms with Gasteiger partial charge in [-0.1, -0.05) is 0 Å². The molecular weight excluding hydrogens is 316 g/mol. The number of likely N-dealkylation sites (tertiary alicyclic amines) is 1. The van der Waals surface area contributed by atoms with Crippen LogP contribution in [-0.4, -0.2) is 74.1 Å². The first-order valence-corrected chi connectivity index (χ1v) is 8.10. The van der Waals surface area contributed by atoms with Gasteiger partial charge in [-0.25, -0.2) is 9.79 Å². The largest absolute Gasteiger partial charge is 0.394 e. The Bertz CT molecular complexity index is 643. The first-order valence-electron chi connectivity index (χ1n) is 8.10. The first kappa shape index (κ1) is 17.0. The molecule has 2 saturated heterocycles. The number of nitrogens with zero attached hydrogens (tertiary/aromatic N) is 4. The molecule has 3 rings (SSSR count). The lowest BCUT2D eigenvalue weighted by Gasteiger charge is -2.23. The van der Waals surface area contributed by atoms with Gasteiger partial charge < -0.3 is 25.0 Å². The first-order chi connectivity index (χ1) is 11.6.